The SMILES string of the molecule is CCC(N=O)c1ccc(P)cc1. The Labute approximate surface area is 74.6 Å². The van der Waals surface area contributed by atoms with Gasteiger partial charge in [-0.1, -0.05) is 36.4 Å². The Morgan fingerprint density at radius 2 is 2.00 bits per heavy atom. The predicted molar refractivity (Wildman–Crippen MR) is 54.6 cm³/mol. The van der Waals surface area contributed by atoms with Gasteiger partial charge in [0.15, 0.2) is 0 Å². The van der Waals surface area contributed by atoms with E-state index < -0.39 is 0 Å². The summed E-state index contributed by atoms with van der Waals surface area (Å²) in [4.78, 5) is 10.4. The van der Waals surface area contributed by atoms with E-state index in [0.717, 1.165) is 17.3 Å². The highest BCUT2D eigenvalue weighted by Gasteiger charge is 2.07. The van der Waals surface area contributed by atoms with Gasteiger partial charge in [0, 0.05) is 0 Å². The van der Waals surface area contributed by atoms with Gasteiger partial charge in [-0.05, 0) is 17.3 Å². The van der Waals surface area contributed by atoms with Crippen LogP contribution >= 0.6 is 9.24 Å². The minimum atomic E-state index is -0.185. The van der Waals surface area contributed by atoms with Crippen LogP contribution in [0, 0.1) is 4.91 Å². The van der Waals surface area contributed by atoms with Gasteiger partial charge in [-0.15, -0.1) is 9.24 Å². The van der Waals surface area contributed by atoms with Crippen molar-refractivity contribution < 1.29 is 0 Å². The molecule has 0 amide bonds. The molecule has 0 aliphatic heterocycles. The molecule has 2 nitrogen and oxygen atoms in total. The fourth-order valence-electron chi connectivity index (χ4n) is 1.09. The summed E-state index contributed by atoms with van der Waals surface area (Å²) < 4.78 is 0. The van der Waals surface area contributed by atoms with E-state index in [4.69, 9.17) is 0 Å². The topological polar surface area (TPSA) is 29.4 Å². The summed E-state index contributed by atoms with van der Waals surface area (Å²) >= 11 is 0. The molecule has 0 aliphatic carbocycles. The molecule has 3 heteroatoms. The summed E-state index contributed by atoms with van der Waals surface area (Å²) in [6.45, 7) is 1.96. The third-order valence-electron chi connectivity index (χ3n) is 1.84. The van der Waals surface area contributed by atoms with Crippen molar-refractivity contribution in [2.45, 2.75) is 19.4 Å². The second-order valence-electron chi connectivity index (χ2n) is 2.70. The first-order chi connectivity index (χ1) is 5.77. The van der Waals surface area contributed by atoms with Crippen molar-refractivity contribution in [3.05, 3.63) is 34.7 Å². The van der Waals surface area contributed by atoms with Crippen LogP contribution in [0.1, 0.15) is 24.9 Å². The van der Waals surface area contributed by atoms with Crippen LogP contribution in [0.15, 0.2) is 29.4 Å². The standard InChI is InChI=1S/C9H12NOP/c1-2-9(10-11)7-3-5-8(12)6-4-7/h3-6,9H,2,12H2,1H3. The summed E-state index contributed by atoms with van der Waals surface area (Å²) in [6.07, 6.45) is 0.764. The molecule has 0 saturated heterocycles. The maximum absolute atomic E-state index is 10.4. The Balaban J connectivity index is 2.87. The van der Waals surface area contributed by atoms with E-state index in [-0.39, 0.29) is 6.04 Å². The molecule has 0 spiro atoms. The van der Waals surface area contributed by atoms with Crippen LogP contribution < -0.4 is 5.30 Å². The minimum absolute atomic E-state index is 0.185. The van der Waals surface area contributed by atoms with Gasteiger partial charge in [0.25, 0.3) is 0 Å². The summed E-state index contributed by atoms with van der Waals surface area (Å²) in [5.41, 5.74) is 0.999. The average molecular weight is 181 g/mol. The van der Waals surface area contributed by atoms with Gasteiger partial charge in [0.2, 0.25) is 0 Å². The molecular formula is C9H12NOP. The first-order valence-corrected chi connectivity index (χ1v) is 4.53. The maximum atomic E-state index is 10.4. The maximum Gasteiger partial charge on any atom is 0.117 e. The summed E-state index contributed by atoms with van der Waals surface area (Å²) in [5, 5.41) is 4.17. The van der Waals surface area contributed by atoms with Crippen molar-refractivity contribution >= 4 is 14.5 Å². The zero-order chi connectivity index (χ0) is 8.97. The Hall–Kier alpha value is -0.750. The second kappa shape index (κ2) is 4.32. The molecule has 0 radical (unpaired) electrons. The molecule has 2 atom stereocenters. The molecule has 1 aromatic carbocycles. The average Bonchev–Trinajstić information content (AvgIpc) is 2.10. The number of benzene rings is 1. The lowest BCUT2D eigenvalue weighted by atomic mass is 10.1. The molecule has 0 N–H and O–H groups in total. The largest absolute Gasteiger partial charge is 0.150 e. The number of hydrogen-bond acceptors (Lipinski definition) is 2. The number of nitrogens with zero attached hydrogens (tertiary/aromatic N) is 1. The molecule has 1 rings (SSSR count). The monoisotopic (exact) mass is 181 g/mol. The highest BCUT2D eigenvalue weighted by molar-refractivity contribution is 7.27. The molecule has 0 aromatic heterocycles. The summed E-state index contributed by atoms with van der Waals surface area (Å²) in [7, 11) is 2.61. The van der Waals surface area contributed by atoms with Gasteiger partial charge in [0.05, 0.1) is 0 Å². The van der Waals surface area contributed by atoms with Crippen LogP contribution in [-0.4, -0.2) is 0 Å². The lowest BCUT2D eigenvalue weighted by Crippen LogP contribution is -1.95. The van der Waals surface area contributed by atoms with Crippen LogP contribution in [0.5, 0.6) is 0 Å². The summed E-state index contributed by atoms with van der Waals surface area (Å²) in [6, 6.07) is 7.63. The molecule has 0 fully saturated rings. The van der Waals surface area contributed by atoms with Crippen LogP contribution in [-0.2, 0) is 0 Å². The van der Waals surface area contributed by atoms with E-state index >= 15 is 0 Å². The molecule has 0 heterocycles. The lowest BCUT2D eigenvalue weighted by Gasteiger charge is -2.05. The number of nitroso groups, excluding NO2 is 1. The van der Waals surface area contributed by atoms with Crippen molar-refractivity contribution in [3.8, 4) is 0 Å². The Morgan fingerprint density at radius 1 is 1.42 bits per heavy atom. The normalized spacial score (nSPS) is 12.5. The van der Waals surface area contributed by atoms with Gasteiger partial charge in [-0.25, -0.2) is 0 Å². The van der Waals surface area contributed by atoms with Crippen molar-refractivity contribution in [1.29, 1.82) is 0 Å². The summed E-state index contributed by atoms with van der Waals surface area (Å²) in [5.74, 6) is 0. The highest BCUT2D eigenvalue weighted by Crippen LogP contribution is 2.19. The third kappa shape index (κ3) is 2.12. The quantitative estimate of drug-likeness (QED) is 0.520. The van der Waals surface area contributed by atoms with Crippen LogP contribution in [0.25, 0.3) is 0 Å². The van der Waals surface area contributed by atoms with Crippen LogP contribution in [0.4, 0.5) is 0 Å². The fraction of sp³-hybridized carbons (Fsp3) is 0.333. The van der Waals surface area contributed by atoms with Crippen molar-refractivity contribution in [2.24, 2.45) is 5.18 Å². The Bertz CT molecular complexity index is 258. The van der Waals surface area contributed by atoms with E-state index in [0.29, 0.717) is 0 Å². The minimum Gasteiger partial charge on any atom is -0.150 e. The van der Waals surface area contributed by atoms with E-state index in [2.05, 4.69) is 14.4 Å². The predicted octanol–water partition coefficient (Wildman–Crippen LogP) is 2.40. The molecule has 0 aliphatic rings. The first kappa shape index (κ1) is 9.34. The molecule has 12 heavy (non-hydrogen) atoms. The zero-order valence-corrected chi connectivity index (χ0v) is 8.18. The van der Waals surface area contributed by atoms with Gasteiger partial charge >= 0.3 is 0 Å². The molecule has 0 bridgehead atoms. The molecule has 2 unspecified atom stereocenters. The van der Waals surface area contributed by atoms with Crippen molar-refractivity contribution in [2.75, 3.05) is 0 Å². The molecule has 64 valence electrons. The lowest BCUT2D eigenvalue weighted by molar-refractivity contribution is 0.695. The molecule has 0 saturated carbocycles. The van der Waals surface area contributed by atoms with Gasteiger partial charge < -0.3 is 0 Å². The van der Waals surface area contributed by atoms with Gasteiger partial charge in [0.1, 0.15) is 6.04 Å². The van der Waals surface area contributed by atoms with Gasteiger partial charge in [-0.2, -0.15) is 4.91 Å². The van der Waals surface area contributed by atoms with E-state index in [1.165, 1.54) is 0 Å². The van der Waals surface area contributed by atoms with Crippen molar-refractivity contribution in [3.63, 3.8) is 0 Å². The Kier molecular flexibility index (Phi) is 3.36. The van der Waals surface area contributed by atoms with Crippen LogP contribution in [0.2, 0.25) is 0 Å². The Morgan fingerprint density at radius 3 is 2.42 bits per heavy atom. The highest BCUT2D eigenvalue weighted by atomic mass is 31.0. The van der Waals surface area contributed by atoms with Crippen LogP contribution in [0.3, 0.4) is 0 Å². The van der Waals surface area contributed by atoms with E-state index in [1.807, 2.05) is 31.2 Å². The molecule has 1 aromatic rings. The number of rotatable bonds is 3. The molecular weight excluding hydrogens is 169 g/mol. The van der Waals surface area contributed by atoms with E-state index in [1.54, 1.807) is 0 Å². The smallest absolute Gasteiger partial charge is 0.117 e. The second-order valence-corrected chi connectivity index (χ2v) is 3.36. The van der Waals surface area contributed by atoms with Gasteiger partial charge in [-0.3, -0.25) is 0 Å². The third-order valence-corrected chi connectivity index (χ3v) is 2.22. The van der Waals surface area contributed by atoms with Crippen molar-refractivity contribution in [1.82, 2.24) is 0 Å². The fourth-order valence-corrected chi connectivity index (χ4v) is 1.28. The first-order valence-electron chi connectivity index (χ1n) is 3.95. The number of hydrogen-bond donors (Lipinski definition) is 0. The zero-order valence-electron chi connectivity index (χ0n) is 7.03. The van der Waals surface area contributed by atoms with E-state index in [9.17, 15) is 4.91 Å².